The second-order valence-electron chi connectivity index (χ2n) is 7.32. The van der Waals surface area contributed by atoms with E-state index < -0.39 is 5.54 Å². The summed E-state index contributed by atoms with van der Waals surface area (Å²) in [5.74, 6) is 0.291. The van der Waals surface area contributed by atoms with Crippen LogP contribution in [-0.4, -0.2) is 24.2 Å². The molecule has 1 heterocycles. The van der Waals surface area contributed by atoms with Gasteiger partial charge in [0.05, 0.1) is 7.11 Å². The van der Waals surface area contributed by atoms with Gasteiger partial charge in [-0.05, 0) is 58.1 Å². The van der Waals surface area contributed by atoms with E-state index in [4.69, 9.17) is 4.74 Å². The minimum absolute atomic E-state index is 0.101. The number of anilines is 1. The van der Waals surface area contributed by atoms with Gasteiger partial charge in [0.15, 0.2) is 0 Å². The van der Waals surface area contributed by atoms with E-state index in [1.165, 1.54) is 23.9 Å². The third-order valence-corrected chi connectivity index (χ3v) is 4.68. The zero-order valence-corrected chi connectivity index (χ0v) is 14.3. The Morgan fingerprint density at radius 2 is 2.00 bits per heavy atom. The van der Waals surface area contributed by atoms with Crippen LogP contribution in [-0.2, 0) is 9.53 Å². The number of nitrogens with zero attached hydrogens (tertiary/aromatic N) is 1. The molecule has 1 atom stereocenters. The molecule has 0 aliphatic carbocycles. The van der Waals surface area contributed by atoms with Crippen molar-refractivity contribution in [3.8, 4) is 0 Å². The molecule has 1 aliphatic rings. The second-order valence-corrected chi connectivity index (χ2v) is 7.32. The molecule has 3 nitrogen and oxygen atoms in total. The van der Waals surface area contributed by atoms with Crippen LogP contribution in [0, 0.1) is 6.92 Å². The molecule has 2 rings (SSSR count). The Bertz CT molecular complexity index is 560. The van der Waals surface area contributed by atoms with Crippen LogP contribution in [0.3, 0.4) is 0 Å². The Balaban J connectivity index is 2.69. The average Bonchev–Trinajstić information content (AvgIpc) is 2.37. The van der Waals surface area contributed by atoms with Gasteiger partial charge < -0.3 is 9.64 Å². The van der Waals surface area contributed by atoms with Crippen LogP contribution in [0.4, 0.5) is 5.69 Å². The molecule has 0 aromatic heterocycles. The quantitative estimate of drug-likeness (QED) is 0.770. The van der Waals surface area contributed by atoms with Gasteiger partial charge in [0.1, 0.15) is 5.54 Å². The van der Waals surface area contributed by atoms with E-state index in [1.807, 2.05) is 13.8 Å². The number of benzene rings is 1. The number of hydrogen-bond donors (Lipinski definition) is 0. The molecular weight excluding hydrogens is 262 g/mol. The molecule has 0 saturated heterocycles. The fourth-order valence-electron chi connectivity index (χ4n) is 4.02. The highest BCUT2D eigenvalue weighted by atomic mass is 16.5. The van der Waals surface area contributed by atoms with E-state index in [9.17, 15) is 4.79 Å². The first-order valence-corrected chi connectivity index (χ1v) is 7.61. The Kier molecular flexibility index (Phi) is 3.81. The Labute approximate surface area is 128 Å². The van der Waals surface area contributed by atoms with Crippen molar-refractivity contribution in [3.05, 3.63) is 29.3 Å². The summed E-state index contributed by atoms with van der Waals surface area (Å²) in [6.45, 7) is 12.7. The van der Waals surface area contributed by atoms with E-state index in [-0.39, 0.29) is 11.5 Å². The molecular formula is C18H27NO2. The number of para-hydroxylation sites is 1. The molecule has 21 heavy (non-hydrogen) atoms. The number of ether oxygens (including phenoxy) is 1. The predicted octanol–water partition coefficient (Wildman–Crippen LogP) is 4.04. The molecule has 3 heteroatoms. The van der Waals surface area contributed by atoms with Crippen molar-refractivity contribution in [2.45, 2.75) is 65.0 Å². The van der Waals surface area contributed by atoms with E-state index >= 15 is 0 Å². The highest BCUT2D eigenvalue weighted by molar-refractivity contribution is 5.86. The first-order chi connectivity index (χ1) is 9.63. The maximum absolute atomic E-state index is 12.4. The SMILES string of the molecule is COC(=O)C(C)(C)N1c2c(C)cccc2[C@@H](C)CC1(C)C. The molecule has 116 valence electrons. The molecule has 1 aromatic carbocycles. The maximum atomic E-state index is 12.4. The maximum Gasteiger partial charge on any atom is 0.331 e. The predicted molar refractivity (Wildman–Crippen MR) is 86.9 cm³/mol. The van der Waals surface area contributed by atoms with Gasteiger partial charge in [-0.3, -0.25) is 0 Å². The summed E-state index contributed by atoms with van der Waals surface area (Å²) in [5.41, 5.74) is 2.93. The number of fused-ring (bicyclic) bond motifs is 1. The first kappa shape index (κ1) is 15.9. The molecule has 0 radical (unpaired) electrons. The minimum Gasteiger partial charge on any atom is -0.467 e. The van der Waals surface area contributed by atoms with Gasteiger partial charge in [-0.1, -0.05) is 25.1 Å². The highest BCUT2D eigenvalue weighted by Crippen LogP contribution is 2.48. The van der Waals surface area contributed by atoms with Crippen molar-refractivity contribution in [2.75, 3.05) is 12.0 Å². The topological polar surface area (TPSA) is 29.5 Å². The van der Waals surface area contributed by atoms with E-state index in [0.29, 0.717) is 5.92 Å². The third kappa shape index (κ3) is 2.43. The smallest absolute Gasteiger partial charge is 0.331 e. The first-order valence-electron chi connectivity index (χ1n) is 7.61. The fraction of sp³-hybridized carbons (Fsp3) is 0.611. The lowest BCUT2D eigenvalue weighted by Gasteiger charge is -2.54. The standard InChI is InChI=1S/C18H27NO2/c1-12-9-8-10-14-13(2)11-17(3,4)19(15(12)14)18(5,6)16(20)21-7/h8-10,13H,11H2,1-7H3/t13-/m0/s1. The number of rotatable bonds is 2. The Morgan fingerprint density at radius 1 is 1.38 bits per heavy atom. The van der Waals surface area contributed by atoms with Gasteiger partial charge in [-0.25, -0.2) is 4.79 Å². The Morgan fingerprint density at radius 3 is 2.57 bits per heavy atom. The third-order valence-electron chi connectivity index (χ3n) is 4.68. The van der Waals surface area contributed by atoms with Crippen LogP contribution >= 0.6 is 0 Å². The molecule has 1 aliphatic heterocycles. The molecule has 0 bridgehead atoms. The van der Waals surface area contributed by atoms with Crippen molar-refractivity contribution in [1.82, 2.24) is 0 Å². The largest absolute Gasteiger partial charge is 0.467 e. The number of aryl methyl sites for hydroxylation is 1. The summed E-state index contributed by atoms with van der Waals surface area (Å²) >= 11 is 0. The Hall–Kier alpha value is -1.51. The minimum atomic E-state index is -0.695. The van der Waals surface area contributed by atoms with Gasteiger partial charge in [-0.2, -0.15) is 0 Å². The molecule has 0 fully saturated rings. The van der Waals surface area contributed by atoms with Gasteiger partial charge >= 0.3 is 5.97 Å². The number of methoxy groups -OCH3 is 1. The zero-order chi connectivity index (χ0) is 16.0. The number of carbonyl (C=O) groups is 1. The van der Waals surface area contributed by atoms with Crippen molar-refractivity contribution in [3.63, 3.8) is 0 Å². The van der Waals surface area contributed by atoms with Gasteiger partial charge in [0.2, 0.25) is 0 Å². The molecule has 0 N–H and O–H groups in total. The lowest BCUT2D eigenvalue weighted by atomic mass is 9.76. The molecule has 0 spiro atoms. The summed E-state index contributed by atoms with van der Waals surface area (Å²) in [6, 6.07) is 6.40. The fourth-order valence-corrected chi connectivity index (χ4v) is 4.02. The second kappa shape index (κ2) is 5.04. The summed E-state index contributed by atoms with van der Waals surface area (Å²) < 4.78 is 5.06. The molecule has 0 saturated carbocycles. The monoisotopic (exact) mass is 289 g/mol. The lowest BCUT2D eigenvalue weighted by molar-refractivity contribution is -0.146. The van der Waals surface area contributed by atoms with Crippen LogP contribution in [0.5, 0.6) is 0 Å². The summed E-state index contributed by atoms with van der Waals surface area (Å²) in [5, 5.41) is 0. The normalized spacial score (nSPS) is 20.9. The van der Waals surface area contributed by atoms with Crippen LogP contribution in [0.2, 0.25) is 0 Å². The van der Waals surface area contributed by atoms with Crippen LogP contribution < -0.4 is 4.90 Å². The summed E-state index contributed by atoms with van der Waals surface area (Å²) in [7, 11) is 1.46. The summed E-state index contributed by atoms with van der Waals surface area (Å²) in [4.78, 5) is 14.6. The lowest BCUT2D eigenvalue weighted by Crippen LogP contribution is -2.62. The van der Waals surface area contributed by atoms with Crippen LogP contribution in [0.15, 0.2) is 18.2 Å². The number of esters is 1. The summed E-state index contributed by atoms with van der Waals surface area (Å²) in [6.07, 6.45) is 1.02. The van der Waals surface area contributed by atoms with Crippen LogP contribution in [0.1, 0.15) is 58.1 Å². The van der Waals surface area contributed by atoms with Gasteiger partial charge in [0.25, 0.3) is 0 Å². The molecule has 0 unspecified atom stereocenters. The van der Waals surface area contributed by atoms with E-state index in [1.54, 1.807) is 0 Å². The molecule has 1 aromatic rings. The van der Waals surface area contributed by atoms with Gasteiger partial charge in [0, 0.05) is 11.2 Å². The number of hydrogen-bond acceptors (Lipinski definition) is 3. The van der Waals surface area contributed by atoms with Crippen molar-refractivity contribution in [1.29, 1.82) is 0 Å². The van der Waals surface area contributed by atoms with Crippen molar-refractivity contribution in [2.24, 2.45) is 0 Å². The van der Waals surface area contributed by atoms with Crippen molar-refractivity contribution < 1.29 is 9.53 Å². The van der Waals surface area contributed by atoms with Crippen molar-refractivity contribution >= 4 is 11.7 Å². The van der Waals surface area contributed by atoms with E-state index in [0.717, 1.165) is 6.42 Å². The van der Waals surface area contributed by atoms with Gasteiger partial charge in [-0.15, -0.1) is 0 Å². The van der Waals surface area contributed by atoms with Crippen LogP contribution in [0.25, 0.3) is 0 Å². The zero-order valence-electron chi connectivity index (χ0n) is 14.3. The highest BCUT2D eigenvalue weighted by Gasteiger charge is 2.48. The number of carbonyl (C=O) groups excluding carboxylic acids is 1. The van der Waals surface area contributed by atoms with E-state index in [2.05, 4.69) is 50.8 Å². The average molecular weight is 289 g/mol. The molecule has 0 amide bonds.